The van der Waals surface area contributed by atoms with E-state index in [1.807, 2.05) is 7.05 Å². The number of hydrogen-bond donors (Lipinski definition) is 1. The van der Waals surface area contributed by atoms with E-state index < -0.39 is 0 Å². The summed E-state index contributed by atoms with van der Waals surface area (Å²) in [7, 11) is 1.93. The minimum atomic E-state index is 0.899. The third-order valence-electron chi connectivity index (χ3n) is 4.98. The zero-order valence-corrected chi connectivity index (χ0v) is 16.9. The van der Waals surface area contributed by atoms with Crippen LogP contribution in [0.3, 0.4) is 0 Å². The largest absolute Gasteiger partial charge is 0.373 e. The van der Waals surface area contributed by atoms with Crippen molar-refractivity contribution in [1.29, 1.82) is 0 Å². The van der Waals surface area contributed by atoms with Gasteiger partial charge in [0.2, 0.25) is 0 Å². The number of aromatic nitrogens is 1. The van der Waals surface area contributed by atoms with Gasteiger partial charge in [-0.15, -0.1) is 0 Å². The fourth-order valence-corrected chi connectivity index (χ4v) is 4.15. The molecular weight excluding hydrogens is 316 g/mol. The summed E-state index contributed by atoms with van der Waals surface area (Å²) in [6.45, 7) is 13.0. The molecule has 0 bridgehead atoms. The Hall–Kier alpha value is -2.61. The first-order valence-electron chi connectivity index (χ1n) is 9.16. The Morgan fingerprint density at radius 3 is 1.54 bits per heavy atom. The van der Waals surface area contributed by atoms with Crippen LogP contribution < -0.4 is 5.32 Å². The van der Waals surface area contributed by atoms with Crippen molar-refractivity contribution in [3.63, 3.8) is 0 Å². The third-order valence-corrected chi connectivity index (χ3v) is 4.98. The van der Waals surface area contributed by atoms with Crippen LogP contribution in [0.4, 0.5) is 5.82 Å². The van der Waals surface area contributed by atoms with Crippen LogP contribution in [-0.4, -0.2) is 12.0 Å². The van der Waals surface area contributed by atoms with Gasteiger partial charge in [-0.2, -0.15) is 0 Å². The SMILES string of the molecule is CNc1cc(-c2c(C)cc(C)cc2C)cc(-c2c(C)cc(C)cc2C)n1. The zero-order valence-electron chi connectivity index (χ0n) is 16.9. The Morgan fingerprint density at radius 2 is 1.08 bits per heavy atom. The van der Waals surface area contributed by atoms with Gasteiger partial charge in [0.1, 0.15) is 5.82 Å². The molecule has 3 rings (SSSR count). The number of anilines is 1. The number of benzene rings is 2. The number of aryl methyl sites for hydroxylation is 6. The van der Waals surface area contributed by atoms with Gasteiger partial charge in [-0.1, -0.05) is 35.4 Å². The summed E-state index contributed by atoms with van der Waals surface area (Å²) in [4.78, 5) is 4.86. The minimum absolute atomic E-state index is 0.899. The molecule has 0 spiro atoms. The standard InChI is InChI=1S/C24H28N2/c1-14-8-16(3)23(17(4)9-14)20-12-21(26-22(13-20)25-7)24-18(5)10-15(2)11-19(24)6/h8-13H,1-7H3,(H,25,26). The monoisotopic (exact) mass is 344 g/mol. The van der Waals surface area contributed by atoms with Crippen LogP contribution >= 0.6 is 0 Å². The van der Waals surface area contributed by atoms with Crippen LogP contribution in [0.15, 0.2) is 36.4 Å². The lowest BCUT2D eigenvalue weighted by atomic mass is 9.91. The predicted octanol–water partition coefficient (Wildman–Crippen LogP) is 6.31. The number of rotatable bonds is 3. The maximum Gasteiger partial charge on any atom is 0.126 e. The second-order valence-corrected chi connectivity index (χ2v) is 7.42. The van der Waals surface area contributed by atoms with E-state index in [9.17, 15) is 0 Å². The van der Waals surface area contributed by atoms with Crippen LogP contribution in [0.25, 0.3) is 22.4 Å². The molecule has 26 heavy (non-hydrogen) atoms. The van der Waals surface area contributed by atoms with Crippen molar-refractivity contribution in [3.05, 3.63) is 69.8 Å². The quantitative estimate of drug-likeness (QED) is 0.602. The Bertz CT molecular complexity index is 862. The van der Waals surface area contributed by atoms with E-state index in [4.69, 9.17) is 4.98 Å². The fourth-order valence-electron chi connectivity index (χ4n) is 4.15. The van der Waals surface area contributed by atoms with Gasteiger partial charge < -0.3 is 5.32 Å². The summed E-state index contributed by atoms with van der Waals surface area (Å²) in [5.74, 6) is 0.899. The van der Waals surface area contributed by atoms with E-state index in [0.717, 1.165) is 11.5 Å². The fraction of sp³-hybridized carbons (Fsp3) is 0.292. The van der Waals surface area contributed by atoms with E-state index in [0.29, 0.717) is 0 Å². The van der Waals surface area contributed by atoms with Crippen molar-refractivity contribution in [2.45, 2.75) is 41.5 Å². The van der Waals surface area contributed by atoms with E-state index in [2.05, 4.69) is 83.3 Å². The average Bonchev–Trinajstić information content (AvgIpc) is 2.52. The maximum atomic E-state index is 4.86. The van der Waals surface area contributed by atoms with Gasteiger partial charge in [0.15, 0.2) is 0 Å². The summed E-state index contributed by atoms with van der Waals surface area (Å²) in [6.07, 6.45) is 0. The Morgan fingerprint density at radius 1 is 0.615 bits per heavy atom. The normalized spacial score (nSPS) is 10.9. The van der Waals surface area contributed by atoms with Crippen molar-refractivity contribution in [2.24, 2.45) is 0 Å². The second kappa shape index (κ2) is 6.95. The zero-order chi connectivity index (χ0) is 19.0. The summed E-state index contributed by atoms with van der Waals surface area (Å²) in [6, 6.07) is 13.4. The molecule has 134 valence electrons. The molecule has 0 radical (unpaired) electrons. The van der Waals surface area contributed by atoms with Gasteiger partial charge in [-0.3, -0.25) is 0 Å². The first-order valence-corrected chi connectivity index (χ1v) is 9.16. The molecule has 0 aliphatic rings. The second-order valence-electron chi connectivity index (χ2n) is 7.42. The Kier molecular flexibility index (Phi) is 4.86. The lowest BCUT2D eigenvalue weighted by Gasteiger charge is -2.16. The van der Waals surface area contributed by atoms with Gasteiger partial charge >= 0.3 is 0 Å². The van der Waals surface area contributed by atoms with Crippen LogP contribution in [0, 0.1) is 41.5 Å². The highest BCUT2D eigenvalue weighted by atomic mass is 15.0. The molecule has 2 aromatic carbocycles. The highest BCUT2D eigenvalue weighted by Crippen LogP contribution is 2.35. The molecule has 0 amide bonds. The van der Waals surface area contributed by atoms with Crippen molar-refractivity contribution >= 4 is 5.82 Å². The summed E-state index contributed by atoms with van der Waals surface area (Å²) >= 11 is 0. The smallest absolute Gasteiger partial charge is 0.126 e. The molecular formula is C24H28N2. The first-order chi connectivity index (χ1) is 12.3. The Balaban J connectivity index is 2.28. The molecule has 2 nitrogen and oxygen atoms in total. The predicted molar refractivity (Wildman–Crippen MR) is 113 cm³/mol. The lowest BCUT2D eigenvalue weighted by Crippen LogP contribution is -1.99. The summed E-state index contributed by atoms with van der Waals surface area (Å²) in [5, 5.41) is 3.24. The van der Waals surface area contributed by atoms with E-state index in [-0.39, 0.29) is 0 Å². The molecule has 2 heteroatoms. The molecule has 1 aromatic heterocycles. The van der Waals surface area contributed by atoms with Crippen LogP contribution in [0.5, 0.6) is 0 Å². The van der Waals surface area contributed by atoms with Gasteiger partial charge in [-0.25, -0.2) is 4.98 Å². The molecule has 1 heterocycles. The molecule has 0 saturated heterocycles. The van der Waals surface area contributed by atoms with Gasteiger partial charge in [-0.05, 0) is 87.1 Å². The molecule has 0 saturated carbocycles. The Labute approximate surface area is 157 Å². The van der Waals surface area contributed by atoms with Gasteiger partial charge in [0.05, 0.1) is 5.69 Å². The summed E-state index contributed by atoms with van der Waals surface area (Å²) in [5.41, 5.74) is 12.5. The highest BCUT2D eigenvalue weighted by molar-refractivity contribution is 5.79. The number of hydrogen-bond acceptors (Lipinski definition) is 2. The highest BCUT2D eigenvalue weighted by Gasteiger charge is 2.14. The lowest BCUT2D eigenvalue weighted by molar-refractivity contribution is 1.24. The molecule has 0 fully saturated rings. The maximum absolute atomic E-state index is 4.86. The number of nitrogens with zero attached hydrogens (tertiary/aromatic N) is 1. The van der Waals surface area contributed by atoms with Crippen molar-refractivity contribution in [2.75, 3.05) is 12.4 Å². The molecule has 0 aliphatic carbocycles. The minimum Gasteiger partial charge on any atom is -0.373 e. The van der Waals surface area contributed by atoms with Crippen molar-refractivity contribution < 1.29 is 0 Å². The molecule has 0 unspecified atom stereocenters. The molecule has 0 atom stereocenters. The van der Waals surface area contributed by atoms with Crippen LogP contribution in [0.1, 0.15) is 33.4 Å². The van der Waals surface area contributed by atoms with Gasteiger partial charge in [0, 0.05) is 12.6 Å². The average molecular weight is 345 g/mol. The van der Waals surface area contributed by atoms with E-state index >= 15 is 0 Å². The van der Waals surface area contributed by atoms with Crippen LogP contribution in [-0.2, 0) is 0 Å². The third kappa shape index (κ3) is 3.37. The topological polar surface area (TPSA) is 24.9 Å². The summed E-state index contributed by atoms with van der Waals surface area (Å²) < 4.78 is 0. The number of nitrogens with one attached hydrogen (secondary N) is 1. The molecule has 3 aromatic rings. The van der Waals surface area contributed by atoms with E-state index in [1.54, 1.807) is 0 Å². The first kappa shape index (κ1) is 18.2. The van der Waals surface area contributed by atoms with Gasteiger partial charge in [0.25, 0.3) is 0 Å². The molecule has 0 aliphatic heterocycles. The van der Waals surface area contributed by atoms with E-state index in [1.165, 1.54) is 50.1 Å². The molecule has 1 N–H and O–H groups in total. The van der Waals surface area contributed by atoms with Crippen molar-refractivity contribution in [1.82, 2.24) is 4.98 Å². The number of pyridine rings is 1. The van der Waals surface area contributed by atoms with Crippen molar-refractivity contribution in [3.8, 4) is 22.4 Å². The van der Waals surface area contributed by atoms with Crippen LogP contribution in [0.2, 0.25) is 0 Å².